The summed E-state index contributed by atoms with van der Waals surface area (Å²) in [5, 5.41) is 6.32. The fraction of sp³-hybridized carbons (Fsp3) is 0.333. The molecular formula is C15H17N3O4S. The lowest BCUT2D eigenvalue weighted by atomic mass is 10.2. The van der Waals surface area contributed by atoms with Gasteiger partial charge >= 0.3 is 0 Å². The number of aryl methyl sites for hydroxylation is 1. The number of amides is 1. The normalized spacial score (nSPS) is 17.0. The molecule has 7 nitrogen and oxygen atoms in total. The van der Waals surface area contributed by atoms with Crippen molar-refractivity contribution in [2.45, 2.75) is 19.8 Å². The first kappa shape index (κ1) is 15.5. The number of aromatic nitrogens is 1. The Balaban J connectivity index is 1.83. The number of benzene rings is 1. The summed E-state index contributed by atoms with van der Waals surface area (Å²) in [5.41, 5.74) is 0.873. The van der Waals surface area contributed by atoms with Crippen molar-refractivity contribution < 1.29 is 17.7 Å². The minimum atomic E-state index is -3.30. The van der Waals surface area contributed by atoms with E-state index in [2.05, 4.69) is 10.5 Å². The monoisotopic (exact) mass is 335 g/mol. The Morgan fingerprint density at radius 2 is 2.13 bits per heavy atom. The maximum absolute atomic E-state index is 12.3. The van der Waals surface area contributed by atoms with Crippen LogP contribution < -0.4 is 9.62 Å². The molecule has 1 aromatic heterocycles. The zero-order valence-corrected chi connectivity index (χ0v) is 13.5. The number of nitrogens with one attached hydrogen (secondary N) is 1. The number of nitrogens with zero attached hydrogens (tertiary/aromatic N) is 2. The molecular weight excluding hydrogens is 318 g/mol. The van der Waals surface area contributed by atoms with Crippen LogP contribution in [0.5, 0.6) is 0 Å². The lowest BCUT2D eigenvalue weighted by Crippen LogP contribution is -2.37. The fourth-order valence-corrected chi connectivity index (χ4v) is 4.13. The lowest BCUT2D eigenvalue weighted by molar-refractivity contribution is 0.102. The topological polar surface area (TPSA) is 92.5 Å². The zero-order valence-electron chi connectivity index (χ0n) is 12.7. The van der Waals surface area contributed by atoms with Gasteiger partial charge in [0.25, 0.3) is 5.91 Å². The van der Waals surface area contributed by atoms with Crippen molar-refractivity contribution in [3.8, 4) is 0 Å². The summed E-state index contributed by atoms with van der Waals surface area (Å²) >= 11 is 0. The molecule has 0 bridgehead atoms. The second-order valence-electron chi connectivity index (χ2n) is 5.42. The first-order chi connectivity index (χ1) is 11.0. The van der Waals surface area contributed by atoms with Gasteiger partial charge in [-0.15, -0.1) is 0 Å². The largest absolute Gasteiger partial charge is 0.360 e. The van der Waals surface area contributed by atoms with E-state index >= 15 is 0 Å². The number of sulfonamides is 1. The van der Waals surface area contributed by atoms with E-state index in [1.165, 1.54) is 4.31 Å². The van der Waals surface area contributed by atoms with Crippen LogP contribution in [0.4, 0.5) is 11.5 Å². The first-order valence-corrected chi connectivity index (χ1v) is 8.92. The van der Waals surface area contributed by atoms with Crippen LogP contribution in [-0.2, 0) is 10.0 Å². The molecule has 1 N–H and O–H groups in total. The van der Waals surface area contributed by atoms with Gasteiger partial charge in [0.15, 0.2) is 5.82 Å². The minimum Gasteiger partial charge on any atom is -0.360 e. The summed E-state index contributed by atoms with van der Waals surface area (Å²) in [6.07, 6.45) is 1.48. The van der Waals surface area contributed by atoms with E-state index in [0.29, 0.717) is 35.8 Å². The summed E-state index contributed by atoms with van der Waals surface area (Å²) in [4.78, 5) is 12.3. The Labute approximate surface area is 134 Å². The molecule has 2 aromatic rings. The second kappa shape index (κ2) is 6.04. The highest BCUT2D eigenvalue weighted by molar-refractivity contribution is 7.92. The van der Waals surface area contributed by atoms with Gasteiger partial charge < -0.3 is 9.84 Å². The highest BCUT2D eigenvalue weighted by Gasteiger charge is 2.26. The van der Waals surface area contributed by atoms with Crippen LogP contribution >= 0.6 is 0 Å². The molecule has 0 unspecified atom stereocenters. The van der Waals surface area contributed by atoms with Crippen molar-refractivity contribution in [3.63, 3.8) is 0 Å². The molecule has 1 aliphatic heterocycles. The van der Waals surface area contributed by atoms with Gasteiger partial charge in [0, 0.05) is 18.2 Å². The predicted octanol–water partition coefficient (Wildman–Crippen LogP) is 2.17. The van der Waals surface area contributed by atoms with Gasteiger partial charge in [0.1, 0.15) is 5.76 Å². The molecule has 1 fully saturated rings. The average molecular weight is 335 g/mol. The summed E-state index contributed by atoms with van der Waals surface area (Å²) in [7, 11) is -3.30. The molecule has 0 atom stereocenters. The van der Waals surface area contributed by atoms with Crippen LogP contribution in [-0.4, -0.2) is 31.8 Å². The molecule has 1 aliphatic rings. The summed E-state index contributed by atoms with van der Waals surface area (Å²) in [6, 6.07) is 8.17. The van der Waals surface area contributed by atoms with E-state index in [1.54, 1.807) is 37.3 Å². The number of anilines is 2. The summed E-state index contributed by atoms with van der Waals surface area (Å²) in [5.74, 6) is 0.688. The highest BCUT2D eigenvalue weighted by Crippen LogP contribution is 2.24. The Morgan fingerprint density at radius 1 is 1.30 bits per heavy atom. The van der Waals surface area contributed by atoms with E-state index < -0.39 is 10.0 Å². The van der Waals surface area contributed by atoms with E-state index in [4.69, 9.17) is 4.52 Å². The smallest absolute Gasteiger partial charge is 0.256 e. The van der Waals surface area contributed by atoms with Crippen LogP contribution in [0.15, 0.2) is 34.9 Å². The number of hydrogen-bond acceptors (Lipinski definition) is 5. The predicted molar refractivity (Wildman–Crippen MR) is 86.0 cm³/mol. The van der Waals surface area contributed by atoms with Gasteiger partial charge in [-0.1, -0.05) is 11.2 Å². The average Bonchev–Trinajstić information content (AvgIpc) is 2.92. The van der Waals surface area contributed by atoms with Gasteiger partial charge in [-0.25, -0.2) is 8.42 Å². The first-order valence-electron chi connectivity index (χ1n) is 7.31. The van der Waals surface area contributed by atoms with Crippen molar-refractivity contribution in [2.75, 3.05) is 21.9 Å². The van der Waals surface area contributed by atoms with Gasteiger partial charge in [-0.3, -0.25) is 9.10 Å². The Hall–Kier alpha value is -2.35. The number of hydrogen-bond donors (Lipinski definition) is 1. The molecule has 23 heavy (non-hydrogen) atoms. The third kappa shape index (κ3) is 3.37. The quantitative estimate of drug-likeness (QED) is 0.928. The molecule has 0 saturated carbocycles. The van der Waals surface area contributed by atoms with Crippen molar-refractivity contribution in [2.24, 2.45) is 0 Å². The SMILES string of the molecule is Cc1cc(NC(=O)c2cccc(N3CCCCS3(=O)=O)c2)no1. The van der Waals surface area contributed by atoms with Gasteiger partial charge in [0.05, 0.1) is 11.4 Å². The Bertz CT molecular complexity index is 829. The molecule has 1 aromatic carbocycles. The Morgan fingerprint density at radius 3 is 2.83 bits per heavy atom. The molecule has 0 radical (unpaired) electrons. The van der Waals surface area contributed by atoms with E-state index in [1.807, 2.05) is 0 Å². The molecule has 0 spiro atoms. The lowest BCUT2D eigenvalue weighted by Gasteiger charge is -2.28. The highest BCUT2D eigenvalue weighted by atomic mass is 32.2. The van der Waals surface area contributed by atoms with Crippen molar-refractivity contribution in [3.05, 3.63) is 41.7 Å². The van der Waals surface area contributed by atoms with E-state index in [-0.39, 0.29) is 11.7 Å². The maximum atomic E-state index is 12.3. The second-order valence-corrected chi connectivity index (χ2v) is 7.44. The third-order valence-corrected chi connectivity index (χ3v) is 5.48. The molecule has 0 aliphatic carbocycles. The molecule has 1 saturated heterocycles. The molecule has 2 heterocycles. The van der Waals surface area contributed by atoms with Crippen LogP contribution in [0.1, 0.15) is 29.0 Å². The molecule has 3 rings (SSSR count). The van der Waals surface area contributed by atoms with E-state index in [9.17, 15) is 13.2 Å². The van der Waals surface area contributed by atoms with Crippen LogP contribution in [0.2, 0.25) is 0 Å². The van der Waals surface area contributed by atoms with Gasteiger partial charge in [-0.2, -0.15) is 0 Å². The standard InChI is InChI=1S/C15H17N3O4S/c1-11-9-14(17-22-11)16-15(19)12-5-4-6-13(10-12)18-7-2-3-8-23(18,20)21/h4-6,9-10H,2-3,7-8H2,1H3,(H,16,17,19). The number of carbonyl (C=O) groups excluding carboxylic acids is 1. The zero-order chi connectivity index (χ0) is 16.4. The number of rotatable bonds is 3. The van der Waals surface area contributed by atoms with Crippen LogP contribution in [0, 0.1) is 6.92 Å². The maximum Gasteiger partial charge on any atom is 0.256 e. The van der Waals surface area contributed by atoms with Crippen molar-refractivity contribution in [1.29, 1.82) is 0 Å². The fourth-order valence-electron chi connectivity index (χ4n) is 2.49. The van der Waals surface area contributed by atoms with Gasteiger partial charge in [0.2, 0.25) is 10.0 Å². The Kier molecular flexibility index (Phi) is 4.08. The van der Waals surface area contributed by atoms with Crippen LogP contribution in [0.3, 0.4) is 0 Å². The molecule has 122 valence electrons. The summed E-state index contributed by atoms with van der Waals surface area (Å²) in [6.45, 7) is 2.17. The molecule has 8 heteroatoms. The molecule has 1 amide bonds. The minimum absolute atomic E-state index is 0.141. The van der Waals surface area contributed by atoms with Crippen molar-refractivity contribution >= 4 is 27.4 Å². The van der Waals surface area contributed by atoms with Crippen LogP contribution in [0.25, 0.3) is 0 Å². The van der Waals surface area contributed by atoms with Gasteiger partial charge in [-0.05, 0) is 38.0 Å². The van der Waals surface area contributed by atoms with Crippen molar-refractivity contribution in [1.82, 2.24) is 5.16 Å². The summed E-state index contributed by atoms with van der Waals surface area (Å²) < 4.78 is 30.6. The number of carbonyl (C=O) groups is 1. The van der Waals surface area contributed by atoms with E-state index in [0.717, 1.165) is 6.42 Å². The third-order valence-electron chi connectivity index (χ3n) is 3.62.